The Kier molecular flexibility index (Phi) is 5.37. The molecule has 0 heterocycles. The van der Waals surface area contributed by atoms with E-state index in [1.807, 2.05) is 0 Å². The summed E-state index contributed by atoms with van der Waals surface area (Å²) < 4.78 is 0. The van der Waals surface area contributed by atoms with Crippen molar-refractivity contribution in [1.29, 1.82) is 0 Å². The number of hydrogen-bond donors (Lipinski definition) is 3. The van der Waals surface area contributed by atoms with E-state index in [4.69, 9.17) is 12.2 Å². The molecule has 0 bridgehead atoms. The number of carboxylic acids is 1. The summed E-state index contributed by atoms with van der Waals surface area (Å²) in [6.07, 6.45) is 8.79. The molecule has 0 spiro atoms. The number of carboxylic acid groups (broad SMARTS) is 1. The van der Waals surface area contributed by atoms with Crippen LogP contribution in [0.5, 0.6) is 0 Å². The van der Waals surface area contributed by atoms with Crippen LogP contribution in [0.3, 0.4) is 0 Å². The second-order valence-corrected chi connectivity index (χ2v) is 5.24. The van der Waals surface area contributed by atoms with Crippen molar-refractivity contribution < 1.29 is 14.7 Å². The van der Waals surface area contributed by atoms with E-state index in [1.54, 1.807) is 0 Å². The molecule has 1 unspecified atom stereocenters. The average molecular weight is 266 g/mol. The van der Waals surface area contributed by atoms with E-state index in [-0.39, 0.29) is 6.42 Å². The Labute approximate surface area is 113 Å². The van der Waals surface area contributed by atoms with Gasteiger partial charge < -0.3 is 16.2 Å². The van der Waals surface area contributed by atoms with Crippen LogP contribution in [0.2, 0.25) is 0 Å². The van der Waals surface area contributed by atoms with Gasteiger partial charge in [-0.1, -0.05) is 13.3 Å². The van der Waals surface area contributed by atoms with Gasteiger partial charge in [-0.2, -0.15) is 0 Å². The number of aliphatic carboxylic acids is 1. The van der Waals surface area contributed by atoms with Crippen LogP contribution >= 0.6 is 0 Å². The van der Waals surface area contributed by atoms with Gasteiger partial charge in [-0.3, -0.25) is 4.79 Å². The molecule has 0 aromatic carbocycles. The Balaban J connectivity index is 2.72. The summed E-state index contributed by atoms with van der Waals surface area (Å²) in [5.41, 5.74) is 4.44. The van der Waals surface area contributed by atoms with Gasteiger partial charge in [-0.25, -0.2) is 4.79 Å². The summed E-state index contributed by atoms with van der Waals surface area (Å²) in [5.74, 6) is 1.40. The van der Waals surface area contributed by atoms with Gasteiger partial charge in [0, 0.05) is 6.42 Å². The Hall–Kier alpha value is -1.54. The van der Waals surface area contributed by atoms with Crippen LogP contribution in [0.4, 0.5) is 0 Å². The smallest absolute Gasteiger partial charge is 0.329 e. The zero-order valence-corrected chi connectivity index (χ0v) is 11.3. The minimum absolute atomic E-state index is 0.110. The van der Waals surface area contributed by atoms with Crippen LogP contribution < -0.4 is 11.1 Å². The highest BCUT2D eigenvalue weighted by Crippen LogP contribution is 2.34. The number of terminal acetylenes is 1. The molecule has 5 heteroatoms. The predicted octanol–water partition coefficient (Wildman–Crippen LogP) is 0.877. The van der Waals surface area contributed by atoms with Crippen LogP contribution in [0.25, 0.3) is 0 Å². The Bertz CT molecular complexity index is 379. The fourth-order valence-corrected chi connectivity index (χ4v) is 2.52. The van der Waals surface area contributed by atoms with Crippen molar-refractivity contribution >= 4 is 11.9 Å². The number of nitrogens with two attached hydrogens (primary N) is 1. The number of rotatable bonds is 5. The highest BCUT2D eigenvalue weighted by atomic mass is 16.4. The van der Waals surface area contributed by atoms with E-state index in [2.05, 4.69) is 18.2 Å². The first kappa shape index (κ1) is 15.5. The molecule has 19 heavy (non-hydrogen) atoms. The summed E-state index contributed by atoms with van der Waals surface area (Å²) in [5, 5.41) is 12.0. The lowest BCUT2D eigenvalue weighted by molar-refractivity contribution is -0.150. The molecule has 1 amide bonds. The number of nitrogens with one attached hydrogen (secondary N) is 1. The van der Waals surface area contributed by atoms with E-state index in [1.165, 1.54) is 0 Å². The standard InChI is InChI=1S/C14H22N2O3/c1-3-5-11(15)12(17)16-14(13(18)19)8-6-10(4-2)7-9-14/h1,10-11H,4-9,15H2,2H3,(H,16,17)(H,18,19). The van der Waals surface area contributed by atoms with Crippen LogP contribution in [-0.2, 0) is 9.59 Å². The van der Waals surface area contributed by atoms with E-state index in [0.29, 0.717) is 18.8 Å². The molecule has 0 aromatic rings. The largest absolute Gasteiger partial charge is 0.480 e. The number of amides is 1. The Morgan fingerprint density at radius 1 is 1.53 bits per heavy atom. The van der Waals surface area contributed by atoms with Gasteiger partial charge in [0.25, 0.3) is 0 Å². The van der Waals surface area contributed by atoms with E-state index in [9.17, 15) is 14.7 Å². The van der Waals surface area contributed by atoms with Crippen molar-refractivity contribution in [2.24, 2.45) is 11.7 Å². The fourth-order valence-electron chi connectivity index (χ4n) is 2.52. The van der Waals surface area contributed by atoms with Crippen LogP contribution in [-0.4, -0.2) is 28.6 Å². The van der Waals surface area contributed by atoms with Gasteiger partial charge in [0.15, 0.2) is 0 Å². The molecule has 1 rings (SSSR count). The Morgan fingerprint density at radius 3 is 2.53 bits per heavy atom. The zero-order valence-electron chi connectivity index (χ0n) is 11.3. The lowest BCUT2D eigenvalue weighted by Crippen LogP contribution is -2.59. The summed E-state index contributed by atoms with van der Waals surface area (Å²) in [6.45, 7) is 2.10. The first-order valence-electron chi connectivity index (χ1n) is 6.69. The highest BCUT2D eigenvalue weighted by Gasteiger charge is 2.43. The minimum Gasteiger partial charge on any atom is -0.480 e. The molecule has 5 nitrogen and oxygen atoms in total. The van der Waals surface area contributed by atoms with Crippen molar-refractivity contribution in [3.63, 3.8) is 0 Å². The maximum Gasteiger partial charge on any atom is 0.329 e. The molecular formula is C14H22N2O3. The lowest BCUT2D eigenvalue weighted by atomic mass is 9.75. The molecule has 4 N–H and O–H groups in total. The van der Waals surface area contributed by atoms with Gasteiger partial charge >= 0.3 is 5.97 Å². The third kappa shape index (κ3) is 3.71. The van der Waals surface area contributed by atoms with Crippen LogP contribution in [0.1, 0.15) is 45.4 Å². The summed E-state index contributed by atoms with van der Waals surface area (Å²) >= 11 is 0. The normalized spacial score (nSPS) is 28.2. The van der Waals surface area contributed by atoms with Crippen LogP contribution in [0, 0.1) is 18.3 Å². The van der Waals surface area contributed by atoms with Gasteiger partial charge in [0.2, 0.25) is 5.91 Å². The third-order valence-corrected chi connectivity index (χ3v) is 3.98. The number of carbonyl (C=O) groups is 2. The first-order chi connectivity index (χ1) is 8.95. The molecular weight excluding hydrogens is 244 g/mol. The second-order valence-electron chi connectivity index (χ2n) is 5.24. The molecule has 0 aliphatic heterocycles. The van der Waals surface area contributed by atoms with Gasteiger partial charge in [0.1, 0.15) is 5.54 Å². The molecule has 1 atom stereocenters. The van der Waals surface area contributed by atoms with Crippen molar-refractivity contribution in [2.45, 2.75) is 57.0 Å². The molecule has 1 aliphatic carbocycles. The monoisotopic (exact) mass is 266 g/mol. The van der Waals surface area contributed by atoms with Crippen molar-refractivity contribution in [1.82, 2.24) is 5.32 Å². The number of hydrogen-bond acceptors (Lipinski definition) is 3. The molecule has 0 radical (unpaired) electrons. The molecule has 0 saturated heterocycles. The molecule has 0 aromatic heterocycles. The van der Waals surface area contributed by atoms with Crippen molar-refractivity contribution in [3.05, 3.63) is 0 Å². The third-order valence-electron chi connectivity index (χ3n) is 3.98. The summed E-state index contributed by atoms with van der Waals surface area (Å²) in [4.78, 5) is 23.4. The molecule has 1 aliphatic rings. The zero-order chi connectivity index (χ0) is 14.5. The van der Waals surface area contributed by atoms with Crippen molar-refractivity contribution in [2.75, 3.05) is 0 Å². The van der Waals surface area contributed by atoms with E-state index < -0.39 is 23.5 Å². The van der Waals surface area contributed by atoms with E-state index in [0.717, 1.165) is 19.3 Å². The van der Waals surface area contributed by atoms with Crippen LogP contribution in [0.15, 0.2) is 0 Å². The van der Waals surface area contributed by atoms with Gasteiger partial charge in [-0.15, -0.1) is 12.3 Å². The van der Waals surface area contributed by atoms with Gasteiger partial charge in [0.05, 0.1) is 6.04 Å². The maximum atomic E-state index is 11.9. The summed E-state index contributed by atoms with van der Waals surface area (Å²) in [7, 11) is 0. The lowest BCUT2D eigenvalue weighted by Gasteiger charge is -2.37. The maximum absolute atomic E-state index is 11.9. The molecule has 1 saturated carbocycles. The summed E-state index contributed by atoms with van der Waals surface area (Å²) in [6, 6.07) is -0.842. The first-order valence-corrected chi connectivity index (χ1v) is 6.69. The average Bonchev–Trinajstić information content (AvgIpc) is 2.39. The highest BCUT2D eigenvalue weighted by molar-refractivity contribution is 5.89. The van der Waals surface area contributed by atoms with E-state index >= 15 is 0 Å². The molecule has 106 valence electrons. The SMILES string of the molecule is C#CCC(N)C(=O)NC1(C(=O)O)CCC(CC)CC1. The predicted molar refractivity (Wildman–Crippen MR) is 72.2 cm³/mol. The second kappa shape index (κ2) is 6.58. The topological polar surface area (TPSA) is 92.4 Å². The van der Waals surface area contributed by atoms with Gasteiger partial charge in [-0.05, 0) is 31.6 Å². The number of carbonyl (C=O) groups excluding carboxylic acids is 1. The van der Waals surface area contributed by atoms with Crippen molar-refractivity contribution in [3.8, 4) is 12.3 Å². The minimum atomic E-state index is -1.17. The quantitative estimate of drug-likeness (QED) is 0.644. The Morgan fingerprint density at radius 2 is 2.11 bits per heavy atom. The fraction of sp³-hybridized carbons (Fsp3) is 0.714. The molecule has 1 fully saturated rings.